The van der Waals surface area contributed by atoms with Gasteiger partial charge < -0.3 is 5.32 Å². The predicted octanol–water partition coefficient (Wildman–Crippen LogP) is 1.18. The number of nitrogens with one attached hydrogen (secondary N) is 1. The Morgan fingerprint density at radius 3 is 2.36 bits per heavy atom. The van der Waals surface area contributed by atoms with Gasteiger partial charge in [-0.15, -0.1) is 0 Å². The average Bonchev–Trinajstić information content (AvgIpc) is 2.94. The fourth-order valence-electron chi connectivity index (χ4n) is 3.18. The van der Waals surface area contributed by atoms with Crippen LogP contribution in [0.2, 0.25) is 0 Å². The van der Waals surface area contributed by atoms with Crippen LogP contribution in [0.15, 0.2) is 28.7 Å². The smallest absolute Gasteiger partial charge is 0.324 e. The number of carbonyl (C=O) groups is 2. The number of urea groups is 1. The van der Waals surface area contributed by atoms with Crippen LogP contribution < -0.4 is 5.32 Å². The quantitative estimate of drug-likeness (QED) is 0.744. The van der Waals surface area contributed by atoms with E-state index >= 15 is 0 Å². The summed E-state index contributed by atoms with van der Waals surface area (Å²) in [5.41, 5.74) is 0.999. The summed E-state index contributed by atoms with van der Waals surface area (Å²) in [6, 6.07) is 9.70. The summed E-state index contributed by atoms with van der Waals surface area (Å²) in [6.07, 6.45) is 0. The number of imide groups is 1. The van der Waals surface area contributed by atoms with E-state index in [0.717, 1.165) is 36.2 Å². The van der Waals surface area contributed by atoms with Gasteiger partial charge in [0, 0.05) is 43.7 Å². The molecule has 132 valence electrons. The molecular weight excluding hydrogens is 386 g/mol. The normalized spacial score (nSPS) is 20.4. The summed E-state index contributed by atoms with van der Waals surface area (Å²) in [7, 11) is 0. The number of piperazine rings is 1. The third kappa shape index (κ3) is 4.18. The van der Waals surface area contributed by atoms with E-state index in [1.807, 2.05) is 24.3 Å². The van der Waals surface area contributed by atoms with Crippen LogP contribution in [-0.4, -0.2) is 72.5 Å². The SMILES string of the molecule is N#CC(c1ccc(Br)cc1)N1CCN(CCN2C(=O)CNC2=O)CC1. The zero-order valence-electron chi connectivity index (χ0n) is 13.8. The molecule has 3 rings (SSSR count). The van der Waals surface area contributed by atoms with Gasteiger partial charge in [-0.2, -0.15) is 5.26 Å². The maximum absolute atomic E-state index is 11.6. The van der Waals surface area contributed by atoms with Crippen molar-refractivity contribution >= 4 is 27.9 Å². The highest BCUT2D eigenvalue weighted by Gasteiger charge is 2.29. The van der Waals surface area contributed by atoms with Gasteiger partial charge in [0.2, 0.25) is 5.91 Å². The lowest BCUT2D eigenvalue weighted by Gasteiger charge is -2.37. The fraction of sp³-hybridized carbons (Fsp3) is 0.471. The third-order valence-electron chi connectivity index (χ3n) is 4.66. The standard InChI is InChI=1S/C17H20BrN5O2/c18-14-3-1-13(2-4-14)15(11-19)22-8-5-21(6-9-22)7-10-23-16(24)12-20-17(23)25/h1-4,15H,5-10,12H2,(H,20,25). The Morgan fingerprint density at radius 1 is 1.12 bits per heavy atom. The largest absolute Gasteiger partial charge is 0.329 e. The summed E-state index contributed by atoms with van der Waals surface area (Å²) in [4.78, 5) is 28.8. The summed E-state index contributed by atoms with van der Waals surface area (Å²) in [5.74, 6) is -0.164. The van der Waals surface area contributed by atoms with E-state index in [0.29, 0.717) is 13.1 Å². The molecule has 7 nitrogen and oxygen atoms in total. The first-order valence-corrected chi connectivity index (χ1v) is 9.07. The van der Waals surface area contributed by atoms with Crippen molar-refractivity contribution in [2.45, 2.75) is 6.04 Å². The number of benzene rings is 1. The van der Waals surface area contributed by atoms with E-state index in [2.05, 4.69) is 37.1 Å². The van der Waals surface area contributed by atoms with Gasteiger partial charge in [-0.3, -0.25) is 19.5 Å². The summed E-state index contributed by atoms with van der Waals surface area (Å²) in [6.45, 7) is 4.39. The average molecular weight is 406 g/mol. The molecule has 1 unspecified atom stereocenters. The summed E-state index contributed by atoms with van der Waals surface area (Å²) in [5, 5.41) is 12.1. The summed E-state index contributed by atoms with van der Waals surface area (Å²) < 4.78 is 0.998. The van der Waals surface area contributed by atoms with Gasteiger partial charge in [-0.05, 0) is 17.7 Å². The Hall–Kier alpha value is -1.95. The van der Waals surface area contributed by atoms with Crippen molar-refractivity contribution in [1.82, 2.24) is 20.0 Å². The fourth-order valence-corrected chi connectivity index (χ4v) is 3.44. The van der Waals surface area contributed by atoms with Crippen LogP contribution in [-0.2, 0) is 4.79 Å². The van der Waals surface area contributed by atoms with Crippen LogP contribution in [0.25, 0.3) is 0 Å². The topological polar surface area (TPSA) is 79.7 Å². The van der Waals surface area contributed by atoms with Crippen molar-refractivity contribution in [2.75, 3.05) is 45.8 Å². The van der Waals surface area contributed by atoms with Gasteiger partial charge in [-0.25, -0.2) is 4.79 Å². The van der Waals surface area contributed by atoms with Gasteiger partial charge in [0.15, 0.2) is 0 Å². The molecule has 2 aliphatic heterocycles. The van der Waals surface area contributed by atoms with Crippen molar-refractivity contribution in [1.29, 1.82) is 5.26 Å². The number of hydrogen-bond donors (Lipinski definition) is 1. The Balaban J connectivity index is 1.51. The Labute approximate surface area is 155 Å². The van der Waals surface area contributed by atoms with Crippen molar-refractivity contribution in [3.63, 3.8) is 0 Å². The van der Waals surface area contributed by atoms with Crippen LogP contribution >= 0.6 is 15.9 Å². The predicted molar refractivity (Wildman–Crippen MR) is 95.6 cm³/mol. The Kier molecular flexibility index (Phi) is 5.68. The zero-order chi connectivity index (χ0) is 17.8. The maximum Gasteiger partial charge on any atom is 0.324 e. The van der Waals surface area contributed by atoms with Gasteiger partial charge >= 0.3 is 6.03 Å². The van der Waals surface area contributed by atoms with Crippen LogP contribution in [0.3, 0.4) is 0 Å². The van der Waals surface area contributed by atoms with Crippen molar-refractivity contribution < 1.29 is 9.59 Å². The lowest BCUT2D eigenvalue weighted by atomic mass is 10.1. The molecule has 25 heavy (non-hydrogen) atoms. The molecule has 0 aliphatic carbocycles. The highest BCUT2D eigenvalue weighted by molar-refractivity contribution is 9.10. The van der Waals surface area contributed by atoms with E-state index in [4.69, 9.17) is 0 Å². The monoisotopic (exact) mass is 405 g/mol. The van der Waals surface area contributed by atoms with Gasteiger partial charge in [-0.1, -0.05) is 28.1 Å². The molecule has 2 saturated heterocycles. The molecule has 2 fully saturated rings. The van der Waals surface area contributed by atoms with Gasteiger partial charge in [0.25, 0.3) is 0 Å². The van der Waals surface area contributed by atoms with Gasteiger partial charge in [0.05, 0.1) is 12.6 Å². The van der Waals surface area contributed by atoms with Gasteiger partial charge in [0.1, 0.15) is 6.04 Å². The minimum absolute atomic E-state index is 0.101. The first-order chi connectivity index (χ1) is 12.1. The van der Waals surface area contributed by atoms with E-state index in [1.165, 1.54) is 4.90 Å². The van der Waals surface area contributed by atoms with Crippen LogP contribution in [0.4, 0.5) is 4.79 Å². The number of halogens is 1. The number of nitrogens with zero attached hydrogens (tertiary/aromatic N) is 4. The Bertz CT molecular complexity index is 663. The third-order valence-corrected chi connectivity index (χ3v) is 5.19. The van der Waals surface area contributed by atoms with E-state index in [-0.39, 0.29) is 24.5 Å². The zero-order valence-corrected chi connectivity index (χ0v) is 15.4. The molecule has 0 saturated carbocycles. The molecule has 2 heterocycles. The molecule has 0 bridgehead atoms. The second-order valence-corrected chi connectivity index (χ2v) is 7.08. The minimum atomic E-state index is -0.302. The molecule has 0 aromatic heterocycles. The minimum Gasteiger partial charge on any atom is -0.329 e. The van der Waals surface area contributed by atoms with Crippen molar-refractivity contribution in [2.24, 2.45) is 0 Å². The molecular formula is C17H20BrN5O2. The molecule has 0 radical (unpaired) electrons. The molecule has 3 amide bonds. The highest BCUT2D eigenvalue weighted by Crippen LogP contribution is 2.23. The molecule has 1 aromatic carbocycles. The first kappa shape index (κ1) is 17.9. The van der Waals surface area contributed by atoms with Crippen LogP contribution in [0.5, 0.6) is 0 Å². The van der Waals surface area contributed by atoms with Crippen LogP contribution in [0, 0.1) is 11.3 Å². The molecule has 0 spiro atoms. The molecule has 8 heteroatoms. The second-order valence-electron chi connectivity index (χ2n) is 6.16. The van der Waals surface area contributed by atoms with E-state index in [1.54, 1.807) is 0 Å². The van der Waals surface area contributed by atoms with Crippen molar-refractivity contribution in [3.8, 4) is 6.07 Å². The molecule has 1 aromatic rings. The van der Waals surface area contributed by atoms with E-state index < -0.39 is 0 Å². The van der Waals surface area contributed by atoms with Crippen molar-refractivity contribution in [3.05, 3.63) is 34.3 Å². The lowest BCUT2D eigenvalue weighted by molar-refractivity contribution is -0.125. The number of rotatable bonds is 5. The molecule has 1 N–H and O–H groups in total. The number of amides is 3. The van der Waals surface area contributed by atoms with E-state index in [9.17, 15) is 14.9 Å². The maximum atomic E-state index is 11.6. The first-order valence-electron chi connectivity index (χ1n) is 8.28. The number of nitriles is 1. The van der Waals surface area contributed by atoms with Crippen LogP contribution in [0.1, 0.15) is 11.6 Å². The number of hydrogen-bond acceptors (Lipinski definition) is 5. The summed E-state index contributed by atoms with van der Waals surface area (Å²) >= 11 is 3.41. The highest BCUT2D eigenvalue weighted by atomic mass is 79.9. The second kappa shape index (κ2) is 7.95. The molecule has 1 atom stereocenters. The lowest BCUT2D eigenvalue weighted by Crippen LogP contribution is -2.49. The number of carbonyl (C=O) groups excluding carboxylic acids is 2. The Morgan fingerprint density at radius 2 is 1.80 bits per heavy atom. The molecule has 2 aliphatic rings.